The summed E-state index contributed by atoms with van der Waals surface area (Å²) < 4.78 is 32.0. The van der Waals surface area contributed by atoms with E-state index in [0.717, 1.165) is 0 Å². The first-order valence-corrected chi connectivity index (χ1v) is 6.48. The van der Waals surface area contributed by atoms with Gasteiger partial charge in [-0.1, -0.05) is 0 Å². The minimum absolute atomic E-state index is 0.199. The molecular formula is C13H20F2N4O2. The van der Waals surface area contributed by atoms with Crippen molar-refractivity contribution in [2.45, 2.75) is 38.8 Å². The zero-order valence-corrected chi connectivity index (χ0v) is 12.3. The average molecular weight is 302 g/mol. The van der Waals surface area contributed by atoms with Crippen molar-refractivity contribution in [3.63, 3.8) is 0 Å². The predicted octanol–water partition coefficient (Wildman–Crippen LogP) is 1.73. The van der Waals surface area contributed by atoms with Crippen LogP contribution < -0.4 is 10.6 Å². The average Bonchev–Trinajstić information content (AvgIpc) is 2.36. The van der Waals surface area contributed by atoms with Gasteiger partial charge in [0.1, 0.15) is 11.9 Å². The van der Waals surface area contributed by atoms with Crippen LogP contribution in [0, 0.1) is 0 Å². The maximum Gasteiger partial charge on any atom is 0.407 e. The normalized spacial score (nSPS) is 12.0. The zero-order valence-electron chi connectivity index (χ0n) is 12.3. The number of hydrogen-bond acceptors (Lipinski definition) is 5. The molecular weight excluding hydrogens is 282 g/mol. The lowest BCUT2D eigenvalue weighted by molar-refractivity contribution is -0.00381. The highest BCUT2D eigenvalue weighted by Crippen LogP contribution is 2.12. The molecule has 1 aromatic rings. The standard InChI is InChI=1S/C13H20F2N4O2/c1-12(2,3)21-11(20)18-8-13(14,15)7-17-6-10-4-5-16-9-19-10/h4-5,9,17H,6-8H2,1-3H3,(H,18,20). The van der Waals surface area contributed by atoms with E-state index in [1.165, 1.54) is 12.5 Å². The molecule has 0 aromatic carbocycles. The molecule has 0 aliphatic rings. The van der Waals surface area contributed by atoms with Crippen molar-refractivity contribution < 1.29 is 18.3 Å². The number of hydrogen-bond donors (Lipinski definition) is 2. The van der Waals surface area contributed by atoms with Gasteiger partial charge in [-0.3, -0.25) is 0 Å². The second-order valence-electron chi connectivity index (χ2n) is 5.52. The van der Waals surface area contributed by atoms with E-state index < -0.39 is 30.7 Å². The van der Waals surface area contributed by atoms with Crippen LogP contribution in [0.1, 0.15) is 26.5 Å². The van der Waals surface area contributed by atoms with E-state index in [9.17, 15) is 13.6 Å². The number of nitrogens with zero attached hydrogens (tertiary/aromatic N) is 2. The number of alkyl carbamates (subject to hydrolysis) is 1. The van der Waals surface area contributed by atoms with Gasteiger partial charge in [-0.2, -0.15) is 0 Å². The van der Waals surface area contributed by atoms with E-state index in [1.807, 2.05) is 0 Å². The second kappa shape index (κ2) is 7.26. The summed E-state index contributed by atoms with van der Waals surface area (Å²) in [7, 11) is 0. The molecule has 118 valence electrons. The molecule has 8 heteroatoms. The van der Waals surface area contributed by atoms with Crippen molar-refractivity contribution >= 4 is 6.09 Å². The molecule has 0 aliphatic heterocycles. The molecule has 0 aliphatic carbocycles. The zero-order chi connectivity index (χ0) is 15.9. The summed E-state index contributed by atoms with van der Waals surface area (Å²) in [5.41, 5.74) is -0.106. The summed E-state index contributed by atoms with van der Waals surface area (Å²) in [6, 6.07) is 1.63. The summed E-state index contributed by atoms with van der Waals surface area (Å²) >= 11 is 0. The number of amides is 1. The van der Waals surface area contributed by atoms with E-state index in [2.05, 4.69) is 20.6 Å². The van der Waals surface area contributed by atoms with Crippen molar-refractivity contribution in [3.05, 3.63) is 24.3 Å². The smallest absolute Gasteiger partial charge is 0.407 e. The van der Waals surface area contributed by atoms with Gasteiger partial charge in [-0.15, -0.1) is 0 Å². The Morgan fingerprint density at radius 2 is 2.05 bits per heavy atom. The molecule has 0 unspecified atom stereocenters. The molecule has 1 rings (SSSR count). The first kappa shape index (κ1) is 17.2. The molecule has 0 saturated carbocycles. The number of aromatic nitrogens is 2. The lowest BCUT2D eigenvalue weighted by Gasteiger charge is -2.22. The summed E-state index contributed by atoms with van der Waals surface area (Å²) in [4.78, 5) is 18.9. The van der Waals surface area contributed by atoms with Gasteiger partial charge in [0, 0.05) is 12.7 Å². The third kappa shape index (κ3) is 8.13. The number of rotatable bonds is 6. The number of ether oxygens (including phenoxy) is 1. The minimum Gasteiger partial charge on any atom is -0.444 e. The number of halogens is 2. The monoisotopic (exact) mass is 302 g/mol. The fourth-order valence-corrected chi connectivity index (χ4v) is 1.37. The van der Waals surface area contributed by atoms with Crippen LogP contribution in [0.15, 0.2) is 18.6 Å². The second-order valence-corrected chi connectivity index (χ2v) is 5.52. The Balaban J connectivity index is 2.28. The highest BCUT2D eigenvalue weighted by atomic mass is 19.3. The first-order valence-electron chi connectivity index (χ1n) is 6.48. The van der Waals surface area contributed by atoms with Crippen LogP contribution >= 0.6 is 0 Å². The van der Waals surface area contributed by atoms with Crippen LogP contribution in [-0.4, -0.2) is 40.7 Å². The van der Waals surface area contributed by atoms with E-state index in [4.69, 9.17) is 4.74 Å². The fourth-order valence-electron chi connectivity index (χ4n) is 1.37. The van der Waals surface area contributed by atoms with Crippen molar-refractivity contribution in [1.82, 2.24) is 20.6 Å². The number of alkyl halides is 2. The minimum atomic E-state index is -3.08. The van der Waals surface area contributed by atoms with E-state index in [-0.39, 0.29) is 6.54 Å². The third-order valence-corrected chi connectivity index (χ3v) is 2.22. The highest BCUT2D eigenvalue weighted by Gasteiger charge is 2.30. The van der Waals surface area contributed by atoms with Crippen LogP contribution in [0.25, 0.3) is 0 Å². The lowest BCUT2D eigenvalue weighted by Crippen LogP contribution is -2.44. The van der Waals surface area contributed by atoms with Gasteiger partial charge in [-0.05, 0) is 26.8 Å². The molecule has 21 heavy (non-hydrogen) atoms. The summed E-state index contributed by atoms with van der Waals surface area (Å²) in [5.74, 6) is -3.08. The van der Waals surface area contributed by atoms with Gasteiger partial charge in [0.05, 0.1) is 18.8 Å². The van der Waals surface area contributed by atoms with Gasteiger partial charge in [0.2, 0.25) is 0 Å². The topological polar surface area (TPSA) is 76.1 Å². The van der Waals surface area contributed by atoms with E-state index in [1.54, 1.807) is 26.8 Å². The number of carbonyl (C=O) groups is 1. The van der Waals surface area contributed by atoms with Gasteiger partial charge in [-0.25, -0.2) is 23.5 Å². The van der Waals surface area contributed by atoms with Gasteiger partial charge < -0.3 is 15.4 Å². The summed E-state index contributed by atoms with van der Waals surface area (Å²) in [6.07, 6.45) is 2.02. The Labute approximate surface area is 122 Å². The molecule has 0 bridgehead atoms. The van der Waals surface area contributed by atoms with Crippen LogP contribution in [0.2, 0.25) is 0 Å². The fraction of sp³-hybridized carbons (Fsp3) is 0.615. The van der Waals surface area contributed by atoms with Crippen LogP contribution in [-0.2, 0) is 11.3 Å². The summed E-state index contributed by atoms with van der Waals surface area (Å²) in [6.45, 7) is 3.81. The molecule has 0 saturated heterocycles. The van der Waals surface area contributed by atoms with Crippen molar-refractivity contribution in [3.8, 4) is 0 Å². The Bertz CT molecular complexity index is 449. The maximum atomic E-state index is 13.6. The quantitative estimate of drug-likeness (QED) is 0.837. The Hall–Kier alpha value is -1.83. The Morgan fingerprint density at radius 3 is 2.62 bits per heavy atom. The van der Waals surface area contributed by atoms with Gasteiger partial charge in [0.15, 0.2) is 0 Å². The Kier molecular flexibility index (Phi) is 5.95. The van der Waals surface area contributed by atoms with Crippen LogP contribution in [0.5, 0.6) is 0 Å². The maximum absolute atomic E-state index is 13.6. The van der Waals surface area contributed by atoms with Gasteiger partial charge in [0.25, 0.3) is 5.92 Å². The predicted molar refractivity (Wildman–Crippen MR) is 72.9 cm³/mol. The van der Waals surface area contributed by atoms with Crippen molar-refractivity contribution in [2.75, 3.05) is 13.1 Å². The molecule has 0 spiro atoms. The molecule has 6 nitrogen and oxygen atoms in total. The summed E-state index contributed by atoms with van der Waals surface area (Å²) in [5, 5.41) is 4.63. The van der Waals surface area contributed by atoms with Crippen molar-refractivity contribution in [1.29, 1.82) is 0 Å². The third-order valence-electron chi connectivity index (χ3n) is 2.22. The SMILES string of the molecule is CC(C)(C)OC(=O)NCC(F)(F)CNCc1ccncn1. The molecule has 0 atom stereocenters. The molecule has 0 radical (unpaired) electrons. The van der Waals surface area contributed by atoms with E-state index in [0.29, 0.717) is 5.69 Å². The van der Waals surface area contributed by atoms with Gasteiger partial charge >= 0.3 is 6.09 Å². The largest absolute Gasteiger partial charge is 0.444 e. The van der Waals surface area contributed by atoms with Crippen molar-refractivity contribution in [2.24, 2.45) is 0 Å². The highest BCUT2D eigenvalue weighted by molar-refractivity contribution is 5.67. The number of nitrogens with one attached hydrogen (secondary N) is 2. The van der Waals surface area contributed by atoms with E-state index >= 15 is 0 Å². The van der Waals surface area contributed by atoms with Crippen LogP contribution in [0.4, 0.5) is 13.6 Å². The first-order chi connectivity index (χ1) is 9.68. The molecule has 0 fully saturated rings. The molecule has 1 amide bonds. The Morgan fingerprint density at radius 1 is 1.33 bits per heavy atom. The molecule has 1 heterocycles. The lowest BCUT2D eigenvalue weighted by atomic mass is 10.2. The molecule has 1 aromatic heterocycles. The molecule has 2 N–H and O–H groups in total. The number of carbonyl (C=O) groups excluding carboxylic acids is 1. The van der Waals surface area contributed by atoms with Crippen LogP contribution in [0.3, 0.4) is 0 Å².